The number of carbonyl (C=O) groups excluding carboxylic acids is 1. The highest BCUT2D eigenvalue weighted by atomic mass is 35.5. The van der Waals surface area contributed by atoms with Gasteiger partial charge in [0, 0.05) is 29.2 Å². The van der Waals surface area contributed by atoms with E-state index in [4.69, 9.17) is 16.1 Å². The Labute approximate surface area is 148 Å². The Morgan fingerprint density at radius 3 is 2.76 bits per heavy atom. The molecule has 1 aromatic heterocycles. The van der Waals surface area contributed by atoms with Gasteiger partial charge in [0.05, 0.1) is 0 Å². The van der Waals surface area contributed by atoms with E-state index in [1.165, 1.54) is 12.1 Å². The fraction of sp³-hybridized carbons (Fsp3) is 0.118. The molecule has 25 heavy (non-hydrogen) atoms. The van der Waals surface area contributed by atoms with Gasteiger partial charge in [-0.2, -0.15) is 4.98 Å². The Morgan fingerprint density at radius 2 is 2.00 bits per heavy atom. The van der Waals surface area contributed by atoms with Crippen molar-refractivity contribution in [3.63, 3.8) is 0 Å². The summed E-state index contributed by atoms with van der Waals surface area (Å²) in [4.78, 5) is 16.0. The summed E-state index contributed by atoms with van der Waals surface area (Å²) in [6.45, 7) is 0.317. The first-order valence-corrected chi connectivity index (χ1v) is 7.87. The van der Waals surface area contributed by atoms with Gasteiger partial charge in [-0.15, -0.1) is 0 Å². The smallest absolute Gasteiger partial charge is 0.319 e. The molecule has 3 aromatic rings. The van der Waals surface area contributed by atoms with Crippen molar-refractivity contribution in [2.75, 3.05) is 11.9 Å². The summed E-state index contributed by atoms with van der Waals surface area (Å²) in [6.07, 6.45) is 0.372. The lowest BCUT2D eigenvalue weighted by Gasteiger charge is -2.06. The van der Waals surface area contributed by atoms with E-state index < -0.39 is 0 Å². The summed E-state index contributed by atoms with van der Waals surface area (Å²) in [5.74, 6) is 0.420. The first-order valence-electron chi connectivity index (χ1n) is 7.49. The van der Waals surface area contributed by atoms with Crippen molar-refractivity contribution >= 4 is 23.3 Å². The van der Waals surface area contributed by atoms with E-state index in [1.54, 1.807) is 36.4 Å². The third-order valence-electron chi connectivity index (χ3n) is 3.28. The Balaban J connectivity index is 1.49. The van der Waals surface area contributed by atoms with Gasteiger partial charge in [0.15, 0.2) is 0 Å². The molecule has 2 amide bonds. The SMILES string of the molecule is O=C(NCCc1nc(-c2ccc(F)cc2)no1)Nc1cccc(Cl)c1. The van der Waals surface area contributed by atoms with Crippen LogP contribution in [0.25, 0.3) is 11.4 Å². The zero-order chi connectivity index (χ0) is 17.6. The fourth-order valence-electron chi connectivity index (χ4n) is 2.10. The molecule has 2 N–H and O–H groups in total. The van der Waals surface area contributed by atoms with Crippen LogP contribution in [0.4, 0.5) is 14.9 Å². The van der Waals surface area contributed by atoms with Gasteiger partial charge in [-0.3, -0.25) is 0 Å². The van der Waals surface area contributed by atoms with E-state index in [2.05, 4.69) is 20.8 Å². The fourth-order valence-corrected chi connectivity index (χ4v) is 2.29. The van der Waals surface area contributed by atoms with Crippen LogP contribution < -0.4 is 10.6 Å². The second-order valence-corrected chi connectivity index (χ2v) is 5.60. The standard InChI is InChI=1S/C17H14ClFN4O2/c18-12-2-1-3-14(10-12)21-17(24)20-9-8-15-22-16(23-25-15)11-4-6-13(19)7-5-11/h1-7,10H,8-9H2,(H2,20,21,24). The van der Waals surface area contributed by atoms with E-state index in [0.717, 1.165) is 0 Å². The number of carbonyl (C=O) groups is 1. The van der Waals surface area contributed by atoms with E-state index in [-0.39, 0.29) is 11.8 Å². The topological polar surface area (TPSA) is 80.1 Å². The van der Waals surface area contributed by atoms with Gasteiger partial charge in [0.2, 0.25) is 11.7 Å². The number of amides is 2. The number of nitrogens with zero attached hydrogens (tertiary/aromatic N) is 2. The van der Waals surface area contributed by atoms with Crippen molar-refractivity contribution in [3.8, 4) is 11.4 Å². The van der Waals surface area contributed by atoms with Crippen molar-refractivity contribution in [1.82, 2.24) is 15.5 Å². The predicted molar refractivity (Wildman–Crippen MR) is 91.9 cm³/mol. The molecule has 0 fully saturated rings. The van der Waals surface area contributed by atoms with Crippen LogP contribution in [-0.4, -0.2) is 22.7 Å². The lowest BCUT2D eigenvalue weighted by Crippen LogP contribution is -2.30. The molecule has 2 aromatic carbocycles. The second-order valence-electron chi connectivity index (χ2n) is 5.16. The Hall–Kier alpha value is -2.93. The maximum Gasteiger partial charge on any atom is 0.319 e. The van der Waals surface area contributed by atoms with Crippen LogP contribution in [0, 0.1) is 5.82 Å². The number of urea groups is 1. The number of rotatable bonds is 5. The van der Waals surface area contributed by atoms with Gasteiger partial charge in [-0.05, 0) is 42.5 Å². The van der Waals surface area contributed by atoms with Gasteiger partial charge < -0.3 is 15.2 Å². The zero-order valence-electron chi connectivity index (χ0n) is 13.0. The average Bonchev–Trinajstić information content (AvgIpc) is 3.04. The number of anilines is 1. The quantitative estimate of drug-likeness (QED) is 0.723. The predicted octanol–water partition coefficient (Wildman–Crippen LogP) is 3.89. The van der Waals surface area contributed by atoms with Crippen molar-refractivity contribution < 1.29 is 13.7 Å². The highest BCUT2D eigenvalue weighted by Crippen LogP contribution is 2.16. The van der Waals surface area contributed by atoms with Crippen LogP contribution in [0.2, 0.25) is 5.02 Å². The molecule has 0 radical (unpaired) electrons. The maximum atomic E-state index is 12.9. The maximum absolute atomic E-state index is 12.9. The molecule has 0 saturated carbocycles. The Bertz CT molecular complexity index is 867. The largest absolute Gasteiger partial charge is 0.339 e. The lowest BCUT2D eigenvalue weighted by atomic mass is 10.2. The van der Waals surface area contributed by atoms with Crippen molar-refractivity contribution in [2.24, 2.45) is 0 Å². The highest BCUT2D eigenvalue weighted by Gasteiger charge is 2.09. The number of benzene rings is 2. The van der Waals surface area contributed by atoms with Crippen LogP contribution in [-0.2, 0) is 6.42 Å². The summed E-state index contributed by atoms with van der Waals surface area (Å²) < 4.78 is 18.0. The molecule has 0 aliphatic heterocycles. The first-order chi connectivity index (χ1) is 12.1. The number of hydrogen-bond donors (Lipinski definition) is 2. The molecule has 6 nitrogen and oxygen atoms in total. The summed E-state index contributed by atoms with van der Waals surface area (Å²) in [5, 5.41) is 9.73. The van der Waals surface area contributed by atoms with Gasteiger partial charge >= 0.3 is 6.03 Å². The average molecular weight is 361 g/mol. The van der Waals surface area contributed by atoms with Crippen LogP contribution in [0.5, 0.6) is 0 Å². The third kappa shape index (κ3) is 4.77. The molecule has 1 heterocycles. The van der Waals surface area contributed by atoms with Crippen LogP contribution in [0.1, 0.15) is 5.89 Å². The van der Waals surface area contributed by atoms with Gasteiger partial charge in [-0.25, -0.2) is 9.18 Å². The molecule has 3 rings (SSSR count). The molecule has 0 unspecified atom stereocenters. The molecule has 128 valence electrons. The normalized spacial score (nSPS) is 10.5. The molecule has 8 heteroatoms. The number of aromatic nitrogens is 2. The number of hydrogen-bond acceptors (Lipinski definition) is 4. The van der Waals surface area contributed by atoms with Gasteiger partial charge in [0.25, 0.3) is 0 Å². The second kappa shape index (κ2) is 7.76. The number of nitrogens with one attached hydrogen (secondary N) is 2. The Kier molecular flexibility index (Phi) is 5.25. The summed E-state index contributed by atoms with van der Waals surface area (Å²) in [5.41, 5.74) is 1.25. The zero-order valence-corrected chi connectivity index (χ0v) is 13.8. The summed E-state index contributed by atoms with van der Waals surface area (Å²) >= 11 is 5.85. The molecule has 0 aliphatic carbocycles. The minimum atomic E-state index is -0.361. The van der Waals surface area contributed by atoms with Gasteiger partial charge in [-0.1, -0.05) is 22.8 Å². The Morgan fingerprint density at radius 1 is 1.20 bits per heavy atom. The minimum Gasteiger partial charge on any atom is -0.339 e. The van der Waals surface area contributed by atoms with Crippen LogP contribution >= 0.6 is 11.6 Å². The van der Waals surface area contributed by atoms with Crippen molar-refractivity contribution in [1.29, 1.82) is 0 Å². The molecule has 0 aliphatic rings. The van der Waals surface area contributed by atoms with E-state index in [0.29, 0.717) is 41.0 Å². The van der Waals surface area contributed by atoms with E-state index in [1.807, 2.05) is 0 Å². The first kappa shape index (κ1) is 16.9. The van der Waals surface area contributed by atoms with Crippen molar-refractivity contribution in [2.45, 2.75) is 6.42 Å². The molecule has 0 atom stereocenters. The molecular formula is C17H14ClFN4O2. The van der Waals surface area contributed by atoms with E-state index in [9.17, 15) is 9.18 Å². The molecule has 0 spiro atoms. The summed E-state index contributed by atoms with van der Waals surface area (Å²) in [7, 11) is 0. The summed E-state index contributed by atoms with van der Waals surface area (Å²) in [6, 6.07) is 12.3. The van der Waals surface area contributed by atoms with E-state index >= 15 is 0 Å². The lowest BCUT2D eigenvalue weighted by molar-refractivity contribution is 0.252. The monoisotopic (exact) mass is 360 g/mol. The van der Waals surface area contributed by atoms with Crippen LogP contribution in [0.3, 0.4) is 0 Å². The molecule has 0 saturated heterocycles. The van der Waals surface area contributed by atoms with Gasteiger partial charge in [0.1, 0.15) is 5.82 Å². The molecule has 0 bridgehead atoms. The van der Waals surface area contributed by atoms with Crippen LogP contribution in [0.15, 0.2) is 53.1 Å². The third-order valence-corrected chi connectivity index (χ3v) is 3.51. The van der Waals surface area contributed by atoms with Crippen molar-refractivity contribution in [3.05, 3.63) is 65.3 Å². The highest BCUT2D eigenvalue weighted by molar-refractivity contribution is 6.30. The minimum absolute atomic E-state index is 0.317. The molecular weight excluding hydrogens is 347 g/mol. The number of halogens is 2.